The maximum absolute atomic E-state index is 12.8. The molecule has 0 saturated heterocycles. The van der Waals surface area contributed by atoms with Crippen molar-refractivity contribution in [2.75, 3.05) is 31.9 Å². The van der Waals surface area contributed by atoms with E-state index in [0.717, 1.165) is 32.8 Å². The minimum absolute atomic E-state index is 0.0213. The third-order valence-electron chi connectivity index (χ3n) is 5.52. The van der Waals surface area contributed by atoms with Crippen molar-refractivity contribution < 1.29 is 22.7 Å². The molecule has 0 bridgehead atoms. The number of rotatable bonds is 8. The molecule has 196 valence electrons. The number of aryl methyl sites for hydroxylation is 1. The average Bonchev–Trinajstić information content (AvgIpc) is 3.62. The molecule has 0 aliphatic heterocycles. The van der Waals surface area contributed by atoms with Crippen LogP contribution in [0.15, 0.2) is 20.8 Å². The minimum atomic E-state index is -3.77. The summed E-state index contributed by atoms with van der Waals surface area (Å²) < 4.78 is 37.8. The quantitative estimate of drug-likeness (QED) is 0.282. The van der Waals surface area contributed by atoms with Crippen LogP contribution < -0.4 is 21.3 Å². The van der Waals surface area contributed by atoms with Gasteiger partial charge in [-0.25, -0.2) is 18.2 Å². The number of fused-ring (bicyclic) bond motifs is 1. The Balaban J connectivity index is 1.71. The molecule has 4 rings (SSSR count). The average molecular weight is 532 g/mol. The van der Waals surface area contributed by atoms with Crippen LogP contribution in [0.3, 0.4) is 0 Å². The third-order valence-corrected chi connectivity index (χ3v) is 6.55. The summed E-state index contributed by atoms with van der Waals surface area (Å²) in [4.78, 5) is 50.2. The highest BCUT2D eigenvalue weighted by molar-refractivity contribution is 7.90. The first-order valence-corrected chi connectivity index (χ1v) is 13.1. The van der Waals surface area contributed by atoms with E-state index in [4.69, 9.17) is 9.47 Å². The fourth-order valence-corrected chi connectivity index (χ4v) is 4.34. The van der Waals surface area contributed by atoms with Gasteiger partial charge in [0.25, 0.3) is 5.56 Å². The van der Waals surface area contributed by atoms with E-state index in [9.17, 15) is 22.8 Å². The normalized spacial score (nSPS) is 13.3. The molecule has 0 unspecified atom stereocenters. The molecule has 0 atom stereocenters. The Morgan fingerprint density at radius 1 is 1.16 bits per heavy atom. The maximum Gasteiger partial charge on any atom is 0.333 e. The summed E-state index contributed by atoms with van der Waals surface area (Å²) in [6.07, 6.45) is 2.59. The van der Waals surface area contributed by atoms with Crippen LogP contribution in [0.1, 0.15) is 18.7 Å². The summed E-state index contributed by atoms with van der Waals surface area (Å²) in [6.45, 7) is 0.287. The highest BCUT2D eigenvalue weighted by atomic mass is 32.2. The number of amides is 1. The maximum atomic E-state index is 12.8. The summed E-state index contributed by atoms with van der Waals surface area (Å²) in [5, 5.41) is 2.37. The van der Waals surface area contributed by atoms with E-state index < -0.39 is 21.1 Å². The summed E-state index contributed by atoms with van der Waals surface area (Å²) in [6, 6.07) is 1.47. The van der Waals surface area contributed by atoms with Crippen LogP contribution >= 0.6 is 0 Å². The van der Waals surface area contributed by atoms with Crippen LogP contribution in [0, 0.1) is 17.8 Å². The summed E-state index contributed by atoms with van der Waals surface area (Å²) in [7, 11) is 0.415. The lowest BCUT2D eigenvalue weighted by atomic mass is 10.4. The Morgan fingerprint density at radius 2 is 1.89 bits per heavy atom. The van der Waals surface area contributed by atoms with Gasteiger partial charge in [-0.3, -0.25) is 18.7 Å². The Kier molecular flexibility index (Phi) is 7.14. The van der Waals surface area contributed by atoms with Crippen molar-refractivity contribution in [3.8, 4) is 17.7 Å². The predicted molar refractivity (Wildman–Crippen MR) is 131 cm³/mol. The molecule has 15 heteroatoms. The smallest absolute Gasteiger partial charge is 0.333 e. The molecule has 14 nitrogen and oxygen atoms in total. The molecular weight excluding hydrogens is 506 g/mol. The Bertz CT molecular complexity index is 1670. The van der Waals surface area contributed by atoms with Crippen molar-refractivity contribution in [2.45, 2.75) is 24.5 Å². The number of nitrogens with one attached hydrogen (secondary N) is 1. The van der Waals surface area contributed by atoms with Gasteiger partial charge in [-0.2, -0.15) is 9.97 Å². The largest absolute Gasteiger partial charge is 0.475 e. The van der Waals surface area contributed by atoms with Crippen molar-refractivity contribution in [1.82, 2.24) is 28.7 Å². The SMILES string of the molecule is COCCOc1cc(NC(=O)C2CC2)nc(C#CCn2c(=O)n(C)c(=O)c3c2nc(S(C)(=O)=O)n3C)n1. The zero-order valence-electron chi connectivity index (χ0n) is 20.6. The van der Waals surface area contributed by atoms with E-state index in [1.54, 1.807) is 0 Å². The molecule has 0 spiro atoms. The van der Waals surface area contributed by atoms with E-state index in [1.807, 2.05) is 0 Å². The van der Waals surface area contributed by atoms with Crippen LogP contribution in [0.25, 0.3) is 11.2 Å². The van der Waals surface area contributed by atoms with Gasteiger partial charge in [-0.1, -0.05) is 5.92 Å². The standard InChI is InChI=1S/C22H25N7O7S/c1-27-17-18(26-21(27)37(4,33)34)29(22(32)28(2)20(17)31)9-5-6-14-23-15(25-19(30)13-7-8-13)12-16(24-14)36-11-10-35-3/h12-13H,7-11H2,1-4H3,(H,23,24,25,30). The van der Waals surface area contributed by atoms with Crippen molar-refractivity contribution >= 4 is 32.7 Å². The van der Waals surface area contributed by atoms with E-state index >= 15 is 0 Å². The molecule has 1 N–H and O–H groups in total. The molecule has 1 aliphatic carbocycles. The molecule has 3 aromatic rings. The fraction of sp³-hybridized carbons (Fsp3) is 0.455. The lowest BCUT2D eigenvalue weighted by Crippen LogP contribution is -2.38. The molecule has 1 aliphatic rings. The number of hydrogen-bond acceptors (Lipinski definition) is 10. The second-order valence-corrected chi connectivity index (χ2v) is 10.4. The van der Waals surface area contributed by atoms with Crippen molar-refractivity contribution in [3.63, 3.8) is 0 Å². The number of aromatic nitrogens is 6. The van der Waals surface area contributed by atoms with Gasteiger partial charge >= 0.3 is 5.69 Å². The molecule has 37 heavy (non-hydrogen) atoms. The van der Waals surface area contributed by atoms with E-state index in [0.29, 0.717) is 6.61 Å². The summed E-state index contributed by atoms with van der Waals surface area (Å²) in [5.41, 5.74) is -1.58. The van der Waals surface area contributed by atoms with Crippen molar-refractivity contribution in [1.29, 1.82) is 0 Å². The van der Waals surface area contributed by atoms with E-state index in [1.165, 1.54) is 27.3 Å². The van der Waals surface area contributed by atoms with E-state index in [2.05, 4.69) is 32.1 Å². The summed E-state index contributed by atoms with van der Waals surface area (Å²) >= 11 is 0. The number of ether oxygens (including phenoxy) is 2. The molecular formula is C22H25N7O7S. The number of imidazole rings is 1. The Labute approximate surface area is 211 Å². The van der Waals surface area contributed by atoms with Crippen LogP contribution in [0.2, 0.25) is 0 Å². The molecule has 3 aromatic heterocycles. The molecule has 1 saturated carbocycles. The molecule has 1 amide bonds. The van der Waals surface area contributed by atoms with Crippen LogP contribution in [-0.2, 0) is 40.0 Å². The monoisotopic (exact) mass is 531 g/mol. The first-order chi connectivity index (χ1) is 17.5. The number of anilines is 1. The van der Waals surface area contributed by atoms with Gasteiger partial charge in [-0.05, 0) is 18.8 Å². The zero-order chi connectivity index (χ0) is 26.9. The van der Waals surface area contributed by atoms with Crippen LogP contribution in [0.5, 0.6) is 5.88 Å². The zero-order valence-corrected chi connectivity index (χ0v) is 21.5. The first kappa shape index (κ1) is 26.0. The third kappa shape index (κ3) is 5.54. The number of nitrogens with zero attached hydrogens (tertiary/aromatic N) is 6. The Hall–Kier alpha value is -4.03. The van der Waals surface area contributed by atoms with Gasteiger partial charge in [0.15, 0.2) is 11.2 Å². The minimum Gasteiger partial charge on any atom is -0.475 e. The number of carbonyl (C=O) groups excluding carboxylic acids is 1. The second kappa shape index (κ2) is 10.1. The van der Waals surface area contributed by atoms with Gasteiger partial charge in [0, 0.05) is 39.4 Å². The van der Waals surface area contributed by atoms with Crippen molar-refractivity contribution in [3.05, 3.63) is 32.7 Å². The van der Waals surface area contributed by atoms with Gasteiger partial charge in [0.1, 0.15) is 12.4 Å². The van der Waals surface area contributed by atoms with Gasteiger partial charge in [0.05, 0.1) is 13.2 Å². The van der Waals surface area contributed by atoms with Crippen LogP contribution in [0.4, 0.5) is 5.82 Å². The van der Waals surface area contributed by atoms with E-state index in [-0.39, 0.29) is 58.8 Å². The highest BCUT2D eigenvalue weighted by Crippen LogP contribution is 2.30. The fourth-order valence-electron chi connectivity index (χ4n) is 3.50. The van der Waals surface area contributed by atoms with Crippen LogP contribution in [-0.4, -0.2) is 69.6 Å². The predicted octanol–water partition coefficient (Wildman–Crippen LogP) is -0.947. The lowest BCUT2D eigenvalue weighted by molar-refractivity contribution is -0.117. The first-order valence-electron chi connectivity index (χ1n) is 11.2. The number of carbonyl (C=O) groups is 1. The molecule has 0 aromatic carbocycles. The Morgan fingerprint density at radius 3 is 2.54 bits per heavy atom. The molecule has 1 fully saturated rings. The number of methoxy groups -OCH3 is 1. The van der Waals surface area contributed by atoms with Gasteiger partial charge in [-0.15, -0.1) is 0 Å². The molecule has 3 heterocycles. The second-order valence-electron chi connectivity index (χ2n) is 8.45. The lowest BCUT2D eigenvalue weighted by Gasteiger charge is -2.08. The highest BCUT2D eigenvalue weighted by Gasteiger charge is 2.30. The van der Waals surface area contributed by atoms with Crippen molar-refractivity contribution in [2.24, 2.45) is 20.0 Å². The number of sulfone groups is 1. The topological polar surface area (TPSA) is 169 Å². The van der Waals surface area contributed by atoms with Gasteiger partial charge in [0.2, 0.25) is 32.6 Å². The molecule has 0 radical (unpaired) electrons. The summed E-state index contributed by atoms with van der Waals surface area (Å²) in [5.74, 6) is 5.69. The number of hydrogen-bond donors (Lipinski definition) is 1. The van der Waals surface area contributed by atoms with Gasteiger partial charge < -0.3 is 19.4 Å².